The minimum Gasteiger partial charge on any atom is -0.393 e. The number of hydrogen-bond donors (Lipinski definition) is 3. The van der Waals surface area contributed by atoms with Crippen molar-refractivity contribution in [1.29, 1.82) is 0 Å². The molecule has 2 fully saturated rings. The molecule has 98 valence electrons. The van der Waals surface area contributed by atoms with Crippen LogP contribution in [-0.4, -0.2) is 50.8 Å². The molecule has 0 radical (unpaired) electrons. The van der Waals surface area contributed by atoms with E-state index in [1.807, 2.05) is 0 Å². The van der Waals surface area contributed by atoms with E-state index in [-0.39, 0.29) is 6.61 Å². The third kappa shape index (κ3) is 1.40. The first-order chi connectivity index (χ1) is 8.57. The molecule has 2 aliphatic heterocycles. The maximum absolute atomic E-state index is 11.6. The number of aliphatic hydroxyl groups excluding tert-OH is 2. The number of aromatic nitrogens is 2. The number of aliphatic hydroxyl groups is 2. The summed E-state index contributed by atoms with van der Waals surface area (Å²) in [4.78, 5) is 24.7. The van der Waals surface area contributed by atoms with E-state index < -0.39 is 41.9 Å². The van der Waals surface area contributed by atoms with Crippen LogP contribution in [0.2, 0.25) is 0 Å². The highest BCUT2D eigenvalue weighted by molar-refractivity contribution is 5.07. The zero-order valence-corrected chi connectivity index (χ0v) is 9.28. The van der Waals surface area contributed by atoms with Gasteiger partial charge in [-0.15, -0.1) is 0 Å². The Balaban J connectivity index is 2.01. The fourth-order valence-corrected chi connectivity index (χ4v) is 2.38. The minimum absolute atomic E-state index is 0.0734. The number of H-pyrrole nitrogens is 1. The summed E-state index contributed by atoms with van der Waals surface area (Å²) in [6, 6.07) is 1.18. The van der Waals surface area contributed by atoms with E-state index in [9.17, 15) is 19.8 Å². The molecular weight excluding hydrogens is 244 g/mol. The van der Waals surface area contributed by atoms with Crippen molar-refractivity contribution in [3.05, 3.63) is 33.1 Å². The van der Waals surface area contributed by atoms with E-state index in [4.69, 9.17) is 9.47 Å². The van der Waals surface area contributed by atoms with Gasteiger partial charge in [0.25, 0.3) is 5.56 Å². The van der Waals surface area contributed by atoms with E-state index in [0.29, 0.717) is 0 Å². The molecule has 3 rings (SSSR count). The molecule has 1 aromatic heterocycles. The van der Waals surface area contributed by atoms with Gasteiger partial charge in [0.15, 0.2) is 6.23 Å². The number of fused-ring (bicyclic) bond motifs is 2. The Morgan fingerprint density at radius 1 is 1.56 bits per heavy atom. The monoisotopic (exact) mass is 256 g/mol. The van der Waals surface area contributed by atoms with Crippen LogP contribution in [0, 0.1) is 0 Å². The molecule has 2 saturated heterocycles. The smallest absolute Gasteiger partial charge is 0.330 e. The molecule has 0 spiro atoms. The molecule has 0 amide bonds. The Labute approximate surface area is 100 Å². The molecule has 3 heterocycles. The first kappa shape index (κ1) is 11.6. The normalized spacial score (nSPS) is 38.2. The lowest BCUT2D eigenvalue weighted by Crippen LogP contribution is -2.44. The Bertz CT molecular complexity index is 580. The van der Waals surface area contributed by atoms with Gasteiger partial charge < -0.3 is 19.7 Å². The second-order valence-corrected chi connectivity index (χ2v) is 4.47. The van der Waals surface area contributed by atoms with Crippen molar-refractivity contribution in [2.45, 2.75) is 24.0 Å². The molecule has 0 aromatic carbocycles. The van der Waals surface area contributed by atoms with Gasteiger partial charge in [-0.2, -0.15) is 0 Å². The molecule has 2 aliphatic rings. The fourth-order valence-electron chi connectivity index (χ4n) is 2.38. The molecule has 2 bridgehead atoms. The lowest BCUT2D eigenvalue weighted by Gasteiger charge is -2.29. The van der Waals surface area contributed by atoms with Gasteiger partial charge in [-0.1, -0.05) is 0 Å². The molecule has 4 atom stereocenters. The number of ether oxygens (including phenoxy) is 2. The molecular formula is C10H12N2O6. The van der Waals surface area contributed by atoms with Crippen LogP contribution in [0.1, 0.15) is 6.23 Å². The molecule has 0 unspecified atom stereocenters. The van der Waals surface area contributed by atoms with Crippen LogP contribution in [-0.2, 0) is 9.47 Å². The van der Waals surface area contributed by atoms with Gasteiger partial charge in [-0.05, 0) is 0 Å². The molecule has 0 aliphatic carbocycles. The SMILES string of the molecule is O=c1ccn([C@@H]2O[C@]3(CO)CO[C@@H]2[C@H]3O)c(=O)[nH]1. The quantitative estimate of drug-likeness (QED) is 0.541. The summed E-state index contributed by atoms with van der Waals surface area (Å²) in [6.07, 6.45) is -1.33. The van der Waals surface area contributed by atoms with Crippen molar-refractivity contribution in [1.82, 2.24) is 9.55 Å². The highest BCUT2D eigenvalue weighted by Gasteiger charge is 2.61. The van der Waals surface area contributed by atoms with E-state index in [2.05, 4.69) is 4.98 Å². The zero-order chi connectivity index (χ0) is 12.9. The van der Waals surface area contributed by atoms with Gasteiger partial charge in [-0.3, -0.25) is 14.3 Å². The van der Waals surface area contributed by atoms with E-state index in [1.165, 1.54) is 12.3 Å². The predicted molar refractivity (Wildman–Crippen MR) is 57.0 cm³/mol. The maximum Gasteiger partial charge on any atom is 0.330 e. The first-order valence-corrected chi connectivity index (χ1v) is 5.47. The summed E-state index contributed by atoms with van der Waals surface area (Å²) in [5.74, 6) is 0. The van der Waals surface area contributed by atoms with Gasteiger partial charge in [0, 0.05) is 12.3 Å². The maximum atomic E-state index is 11.6. The van der Waals surface area contributed by atoms with Crippen molar-refractivity contribution in [3.8, 4) is 0 Å². The second-order valence-electron chi connectivity index (χ2n) is 4.47. The summed E-state index contributed by atoms with van der Waals surface area (Å²) in [5.41, 5.74) is -2.35. The summed E-state index contributed by atoms with van der Waals surface area (Å²) in [6.45, 7) is -0.330. The number of nitrogens with one attached hydrogen (secondary N) is 1. The van der Waals surface area contributed by atoms with Crippen molar-refractivity contribution in [2.75, 3.05) is 13.2 Å². The van der Waals surface area contributed by atoms with Crippen LogP contribution in [0.15, 0.2) is 21.9 Å². The molecule has 8 heteroatoms. The lowest BCUT2D eigenvalue weighted by molar-refractivity contribution is -0.187. The average molecular weight is 256 g/mol. The Hall–Kier alpha value is -1.48. The van der Waals surface area contributed by atoms with Crippen LogP contribution in [0.25, 0.3) is 0 Å². The topological polar surface area (TPSA) is 114 Å². The van der Waals surface area contributed by atoms with Crippen molar-refractivity contribution < 1.29 is 19.7 Å². The summed E-state index contributed by atoms with van der Waals surface area (Å²) < 4.78 is 12.0. The molecule has 0 saturated carbocycles. The van der Waals surface area contributed by atoms with Crippen molar-refractivity contribution in [3.63, 3.8) is 0 Å². The second kappa shape index (κ2) is 3.75. The standard InChI is InChI=1S/C10H12N2O6/c13-3-10-4-17-6(7(10)15)8(18-10)12-2-1-5(14)11-9(12)16/h1-2,6-8,13,15H,3-4H2,(H,11,14,16)/t6-,7-,8-,10-/m1/s1. The molecule has 3 N–H and O–H groups in total. The Kier molecular flexibility index (Phi) is 2.42. The molecule has 8 nitrogen and oxygen atoms in total. The van der Waals surface area contributed by atoms with Gasteiger partial charge in [0.2, 0.25) is 0 Å². The fraction of sp³-hybridized carbons (Fsp3) is 0.600. The Morgan fingerprint density at radius 3 is 2.94 bits per heavy atom. The van der Waals surface area contributed by atoms with Crippen LogP contribution < -0.4 is 11.2 Å². The first-order valence-electron chi connectivity index (χ1n) is 5.47. The number of aromatic amines is 1. The van der Waals surface area contributed by atoms with Crippen LogP contribution in [0.3, 0.4) is 0 Å². The summed E-state index contributed by atoms with van der Waals surface area (Å²) in [5, 5.41) is 19.2. The Morgan fingerprint density at radius 2 is 2.33 bits per heavy atom. The van der Waals surface area contributed by atoms with Gasteiger partial charge in [0.1, 0.15) is 17.8 Å². The van der Waals surface area contributed by atoms with Crippen molar-refractivity contribution >= 4 is 0 Å². The van der Waals surface area contributed by atoms with Crippen LogP contribution in [0.5, 0.6) is 0 Å². The number of hydrogen-bond acceptors (Lipinski definition) is 6. The van der Waals surface area contributed by atoms with E-state index >= 15 is 0 Å². The zero-order valence-electron chi connectivity index (χ0n) is 9.28. The predicted octanol–water partition coefficient (Wildman–Crippen LogP) is -2.44. The van der Waals surface area contributed by atoms with Gasteiger partial charge >= 0.3 is 5.69 Å². The average Bonchev–Trinajstić information content (AvgIpc) is 2.81. The van der Waals surface area contributed by atoms with Gasteiger partial charge in [-0.25, -0.2) is 4.79 Å². The van der Waals surface area contributed by atoms with E-state index in [0.717, 1.165) is 4.57 Å². The lowest BCUT2D eigenvalue weighted by atomic mass is 10.0. The van der Waals surface area contributed by atoms with Crippen LogP contribution >= 0.6 is 0 Å². The molecule has 18 heavy (non-hydrogen) atoms. The minimum atomic E-state index is -1.19. The number of rotatable bonds is 2. The summed E-state index contributed by atoms with van der Waals surface area (Å²) in [7, 11) is 0. The molecule has 1 aromatic rings. The highest BCUT2D eigenvalue weighted by atomic mass is 16.7. The summed E-state index contributed by atoms with van der Waals surface area (Å²) >= 11 is 0. The van der Waals surface area contributed by atoms with Gasteiger partial charge in [0.05, 0.1) is 13.2 Å². The highest BCUT2D eigenvalue weighted by Crippen LogP contribution is 2.43. The third-order valence-electron chi connectivity index (χ3n) is 3.40. The number of nitrogens with zero attached hydrogens (tertiary/aromatic N) is 1. The van der Waals surface area contributed by atoms with Crippen LogP contribution in [0.4, 0.5) is 0 Å². The van der Waals surface area contributed by atoms with E-state index in [1.54, 1.807) is 0 Å². The van der Waals surface area contributed by atoms with Crippen molar-refractivity contribution in [2.24, 2.45) is 0 Å². The third-order valence-corrected chi connectivity index (χ3v) is 3.40. The largest absolute Gasteiger partial charge is 0.393 e.